The second kappa shape index (κ2) is 38.1. The number of aliphatic hydroxyl groups excluding tert-OH is 6. The van der Waals surface area contributed by atoms with Crippen molar-refractivity contribution in [3.8, 4) is 57.1 Å². The smallest absolute Gasteiger partial charge is 0.349 e. The minimum atomic E-state index is -2.41. The van der Waals surface area contributed by atoms with Crippen LogP contribution in [0.1, 0.15) is 111 Å². The number of halogens is 4. The lowest BCUT2D eigenvalue weighted by atomic mass is 9.85. The number of phenols is 3. The SMILES string of the molecule is CNC(CC(C)C)C(=O)NC1C(=O)NC(CC(N)=O)C(=O)NC2C(=O)NC3C(=O)NC(C(=O)NC(C(=O)NO)c4cc(O)cc(O)c4-c4cc3ccc4O)C(O)c3ccc(c(Cl)c3)Oc3cc2cc(c3OC2OC(CO)C(O)C(O)C2OC2CC(C)(NCCn3ccc(NC(=O)Cc4ccc(Cl)c(F)c4)nc3=O)C(O)C(C)O2)Oc2ccc(cc2Cl)C1O. The summed E-state index contributed by atoms with van der Waals surface area (Å²) in [7, 11) is 1.46. The first-order valence-electron chi connectivity index (χ1n) is 38.3. The van der Waals surface area contributed by atoms with Crippen molar-refractivity contribution in [2.45, 2.75) is 169 Å². The topological polar surface area (TPSA) is 593 Å². The Balaban J connectivity index is 0.995. The first-order valence-corrected chi connectivity index (χ1v) is 39.4. The molecule has 2 fully saturated rings. The van der Waals surface area contributed by atoms with E-state index >= 15 is 19.2 Å². The second-order valence-electron chi connectivity index (χ2n) is 30.5. The Morgan fingerprint density at radius 1 is 0.724 bits per heavy atom. The maximum absolute atomic E-state index is 16.2. The number of aromatic hydroxyl groups is 3. The molecule has 18 unspecified atom stereocenters. The zero-order valence-electron chi connectivity index (χ0n) is 65.7. The minimum absolute atomic E-state index is 0.0662. The van der Waals surface area contributed by atoms with Gasteiger partial charge in [-0.15, -0.1) is 0 Å². The summed E-state index contributed by atoms with van der Waals surface area (Å²) in [4.78, 5) is 149. The zero-order valence-corrected chi connectivity index (χ0v) is 68.0. The van der Waals surface area contributed by atoms with Crippen LogP contribution in [-0.4, -0.2) is 213 Å². The fourth-order valence-corrected chi connectivity index (χ4v) is 15.4. The second-order valence-corrected chi connectivity index (χ2v) is 31.7. The van der Waals surface area contributed by atoms with E-state index in [1.54, 1.807) is 20.8 Å². The number of rotatable bonds is 20. The van der Waals surface area contributed by atoms with E-state index in [0.717, 1.165) is 78.9 Å². The number of primary amides is 1. The van der Waals surface area contributed by atoms with Gasteiger partial charge in [-0.3, -0.25) is 52.9 Å². The molecule has 8 heterocycles. The number of phenolic OH excluding ortho intramolecular Hbond substituents is 3. The molecule has 7 aliphatic rings. The number of nitrogens with one attached hydrogen (secondary N) is 10. The fourth-order valence-electron chi connectivity index (χ4n) is 14.9. The van der Waals surface area contributed by atoms with Crippen molar-refractivity contribution in [1.82, 2.24) is 57.6 Å². The van der Waals surface area contributed by atoms with Gasteiger partial charge in [0.1, 0.15) is 107 Å². The number of ether oxygens (including phenoxy) is 6. The highest BCUT2D eigenvalue weighted by Gasteiger charge is 2.52. The average Bonchev–Trinajstić information content (AvgIpc) is 0.757. The summed E-state index contributed by atoms with van der Waals surface area (Å²) in [5.41, 5.74) is 2.24. The number of hydrogen-bond donors (Lipinski definition) is 21. The van der Waals surface area contributed by atoms with Crippen LogP contribution in [0.25, 0.3) is 11.1 Å². The van der Waals surface area contributed by atoms with Crippen molar-refractivity contribution in [2.75, 3.05) is 25.5 Å². The van der Waals surface area contributed by atoms with Crippen LogP contribution >= 0.6 is 34.8 Å². The van der Waals surface area contributed by atoms with Crippen molar-refractivity contribution in [3.63, 3.8) is 0 Å². The number of benzene rings is 6. The molecule has 0 aliphatic carbocycles. The highest BCUT2D eigenvalue weighted by molar-refractivity contribution is 6.32. The molecule has 2 saturated heterocycles. The molecule has 7 aliphatic heterocycles. The first kappa shape index (κ1) is 90.8. The number of nitrogens with two attached hydrogens (primary N) is 1. The highest BCUT2D eigenvalue weighted by Crippen LogP contribution is 2.50. The van der Waals surface area contributed by atoms with Crippen molar-refractivity contribution in [3.05, 3.63) is 174 Å². The largest absolute Gasteiger partial charge is 0.508 e. The van der Waals surface area contributed by atoms with Crippen molar-refractivity contribution >= 4 is 93.8 Å². The van der Waals surface area contributed by atoms with Crippen LogP contribution in [0.5, 0.6) is 46.0 Å². The molecule has 7 aromatic rings. The molecule has 0 radical (unpaired) electrons. The lowest BCUT2D eigenvalue weighted by Crippen LogP contribution is -2.65. The molecule has 22 N–H and O–H groups in total. The molecule has 1 aromatic heterocycles. The molecule has 656 valence electrons. The molecule has 123 heavy (non-hydrogen) atoms. The number of likely N-dealkylation sites (N-methyl/N-ethyl adjacent to an activating group) is 1. The summed E-state index contributed by atoms with van der Waals surface area (Å²) >= 11 is 20.1. The molecule has 43 heteroatoms. The number of fused-ring (bicyclic) bond motifs is 15. The predicted molar refractivity (Wildman–Crippen MR) is 428 cm³/mol. The van der Waals surface area contributed by atoms with Gasteiger partial charge in [0, 0.05) is 48.4 Å². The molecule has 18 atom stereocenters. The molecule has 0 saturated carbocycles. The normalized spacial score (nSPS) is 26.2. The van der Waals surface area contributed by atoms with Crippen LogP contribution in [0.3, 0.4) is 0 Å². The quantitative estimate of drug-likeness (QED) is 0.0379. The van der Waals surface area contributed by atoms with E-state index in [9.17, 15) is 84.3 Å². The maximum atomic E-state index is 16.2. The van der Waals surface area contributed by atoms with Gasteiger partial charge in [-0.05, 0) is 139 Å². The van der Waals surface area contributed by atoms with E-state index < -0.39 is 265 Å². The van der Waals surface area contributed by atoms with Crippen LogP contribution in [0, 0.1) is 11.7 Å². The van der Waals surface area contributed by atoms with Gasteiger partial charge in [-0.1, -0.05) is 72.9 Å². The van der Waals surface area contributed by atoms with Gasteiger partial charge in [0.2, 0.25) is 59.3 Å². The van der Waals surface area contributed by atoms with Crippen LogP contribution in [0.4, 0.5) is 10.2 Å². The molecule has 6 aromatic carbocycles. The number of aromatic nitrogens is 2. The summed E-state index contributed by atoms with van der Waals surface area (Å²) in [5.74, 6) is -17.6. The number of carbonyl (C=O) groups excluding carboxylic acids is 9. The molecular weight excluding hydrogens is 1680 g/mol. The predicted octanol–water partition coefficient (Wildman–Crippen LogP) is 1.39. The van der Waals surface area contributed by atoms with Gasteiger partial charge in [0.15, 0.2) is 23.9 Å². The Bertz CT molecular complexity index is 5330. The number of amides is 9. The van der Waals surface area contributed by atoms with Crippen molar-refractivity contribution < 1.29 is 127 Å². The molecular formula is C80H87Cl3FN13O26. The number of carbonyl (C=O) groups is 9. The van der Waals surface area contributed by atoms with Gasteiger partial charge in [-0.2, -0.15) is 4.98 Å². The van der Waals surface area contributed by atoms with E-state index in [2.05, 4.69) is 52.8 Å². The first-order chi connectivity index (χ1) is 58.3. The Hall–Kier alpha value is -11.5. The van der Waals surface area contributed by atoms with Gasteiger partial charge < -0.3 is 128 Å². The molecule has 0 spiro atoms. The van der Waals surface area contributed by atoms with Gasteiger partial charge >= 0.3 is 5.69 Å². The number of anilines is 1. The Kier molecular flexibility index (Phi) is 28.1. The summed E-state index contributed by atoms with van der Waals surface area (Å²) < 4.78 is 54.6. The van der Waals surface area contributed by atoms with Gasteiger partial charge in [-0.25, -0.2) is 14.7 Å². The molecule has 9 amide bonds. The zero-order chi connectivity index (χ0) is 89.1. The Morgan fingerprint density at radius 2 is 1.37 bits per heavy atom. The van der Waals surface area contributed by atoms with Gasteiger partial charge in [0.05, 0.1) is 52.8 Å². The van der Waals surface area contributed by atoms with Crippen molar-refractivity contribution in [1.29, 1.82) is 0 Å². The van der Waals surface area contributed by atoms with E-state index in [0.29, 0.717) is 5.56 Å². The maximum Gasteiger partial charge on any atom is 0.349 e. The third-order valence-corrected chi connectivity index (χ3v) is 22.1. The van der Waals surface area contributed by atoms with Crippen LogP contribution in [-0.2, 0) is 70.3 Å². The summed E-state index contributed by atoms with van der Waals surface area (Å²) in [6.07, 6.45) is -18.7. The summed E-state index contributed by atoms with van der Waals surface area (Å²) in [6, 6.07) is 4.09. The third kappa shape index (κ3) is 20.3. The Labute approximate surface area is 712 Å². The van der Waals surface area contributed by atoms with Crippen LogP contribution in [0.15, 0.2) is 114 Å². The van der Waals surface area contributed by atoms with Crippen LogP contribution < -0.4 is 79.0 Å². The number of aliphatic hydroxyl groups is 6. The van der Waals surface area contributed by atoms with Gasteiger partial charge in [0.25, 0.3) is 5.91 Å². The summed E-state index contributed by atoms with van der Waals surface area (Å²) in [5, 5.41) is 138. The average molecular weight is 1770 g/mol. The monoisotopic (exact) mass is 1770 g/mol. The fraction of sp³-hybridized carbons (Fsp3) is 0.388. The molecule has 39 nitrogen and oxygen atoms in total. The lowest BCUT2D eigenvalue weighted by Gasteiger charge is -2.48. The number of nitrogens with zero attached hydrogens (tertiary/aromatic N) is 2. The van der Waals surface area contributed by atoms with E-state index in [4.69, 9.17) is 69.0 Å². The van der Waals surface area contributed by atoms with E-state index in [-0.39, 0.29) is 65.8 Å². The standard InChI is InChI=1S/C80H87Cl3FN13O26/c1-31(2)18-45(86-5)71(109)94-62-64(104)35-8-12-49(42(82)22-35)119-51-24-37-25-52(68(51)123-78-69(67(107)66(106)53(30-98)121-78)122-57-29-80(4,70(108)32(3)118-57)87-15-17-97-16-14-55(90-79(97)116)89-56(103)20-33-6-10-41(81)44(84)19-33)120-50-13-9-36(23-43(50)83)65(105)63-76(114)93-61(77(115)96-117)40-26-38(99)27-48(101)58(40)39-21-34(7-11-47(39)100)59(73(111)95-63)92-74(112)60(37)91-72(110)46(28-54(85)102)88-75(62)113/h6-14,16,19,21-27,31-32,45-46,53,57,59-67,69-70,78,86-87,98-101,104-108,117H,15,17-18,20,28-30H2,1-5H3,(H2,85,102)(H,88,113)(H,91,110)(H,92,112)(H,93,114)(H,94,109)(H,95,111)(H,96,115)(H,89,90,103,116). The van der Waals surface area contributed by atoms with Crippen LogP contribution in [0.2, 0.25) is 15.1 Å². The third-order valence-electron chi connectivity index (χ3n) is 21.2. The highest BCUT2D eigenvalue weighted by atomic mass is 35.5. The number of hydrogen-bond acceptors (Lipinski definition) is 29. The molecule has 11 bridgehead atoms. The molecule has 14 rings (SSSR count). The Morgan fingerprint density at radius 3 is 2.00 bits per heavy atom. The number of hydroxylamine groups is 1. The van der Waals surface area contributed by atoms with E-state index in [1.165, 1.54) is 54.5 Å². The minimum Gasteiger partial charge on any atom is -0.508 e. The lowest BCUT2D eigenvalue weighted by molar-refractivity contribution is -0.334. The van der Waals surface area contributed by atoms with Crippen molar-refractivity contribution in [2.24, 2.45) is 11.7 Å². The summed E-state index contributed by atoms with van der Waals surface area (Å²) in [6.45, 7) is 5.46. The van der Waals surface area contributed by atoms with E-state index in [1.807, 2.05) is 0 Å².